The van der Waals surface area contributed by atoms with Crippen molar-refractivity contribution in [1.29, 1.82) is 0 Å². The number of nitrogens with zero attached hydrogens (tertiary/aromatic N) is 2. The van der Waals surface area contributed by atoms with Crippen LogP contribution in [0.2, 0.25) is 5.02 Å². The van der Waals surface area contributed by atoms with E-state index in [9.17, 15) is 9.90 Å². The summed E-state index contributed by atoms with van der Waals surface area (Å²) in [5.41, 5.74) is 1.00. The van der Waals surface area contributed by atoms with E-state index in [-0.39, 0.29) is 5.91 Å². The standard InChI is InChI=1S/C15H21ClN2O2/c1-11-10-12(16)4-5-13(11)17-6-8-18(9-7-17)14(19)15(2,3)20/h4-5,10,20H,6-9H2,1-3H3. The number of aliphatic hydroxyl groups is 1. The number of benzene rings is 1. The SMILES string of the molecule is Cc1cc(Cl)ccc1N1CCN(C(=O)C(C)(C)O)CC1. The molecule has 110 valence electrons. The summed E-state index contributed by atoms with van der Waals surface area (Å²) in [5, 5.41) is 10.5. The zero-order valence-corrected chi connectivity index (χ0v) is 12.9. The molecular formula is C15H21ClN2O2. The second kappa shape index (κ2) is 5.62. The minimum absolute atomic E-state index is 0.204. The summed E-state index contributed by atoms with van der Waals surface area (Å²) in [6.07, 6.45) is 0. The summed E-state index contributed by atoms with van der Waals surface area (Å²) in [6.45, 7) is 7.90. The van der Waals surface area contributed by atoms with Gasteiger partial charge in [-0.1, -0.05) is 11.6 Å². The van der Waals surface area contributed by atoms with Gasteiger partial charge in [0.2, 0.25) is 0 Å². The van der Waals surface area contributed by atoms with Gasteiger partial charge < -0.3 is 14.9 Å². The highest BCUT2D eigenvalue weighted by atomic mass is 35.5. The number of carbonyl (C=O) groups is 1. The fraction of sp³-hybridized carbons (Fsp3) is 0.533. The highest BCUT2D eigenvalue weighted by Gasteiger charge is 2.31. The predicted octanol–water partition coefficient (Wildman–Crippen LogP) is 2.07. The lowest BCUT2D eigenvalue weighted by atomic mass is 10.1. The summed E-state index contributed by atoms with van der Waals surface area (Å²) in [4.78, 5) is 16.0. The molecule has 1 saturated heterocycles. The zero-order chi connectivity index (χ0) is 14.9. The molecule has 1 fully saturated rings. The Bertz CT molecular complexity index is 503. The molecule has 0 bridgehead atoms. The van der Waals surface area contributed by atoms with Crippen LogP contribution < -0.4 is 4.90 Å². The van der Waals surface area contributed by atoms with Gasteiger partial charge in [0, 0.05) is 36.9 Å². The second-order valence-electron chi connectivity index (χ2n) is 5.77. The molecule has 0 saturated carbocycles. The molecule has 1 heterocycles. The first-order chi connectivity index (χ1) is 9.29. The first kappa shape index (κ1) is 15.1. The van der Waals surface area contributed by atoms with E-state index in [0.29, 0.717) is 13.1 Å². The van der Waals surface area contributed by atoms with Crippen molar-refractivity contribution in [3.05, 3.63) is 28.8 Å². The van der Waals surface area contributed by atoms with Crippen molar-refractivity contribution >= 4 is 23.2 Å². The van der Waals surface area contributed by atoms with Crippen molar-refractivity contribution in [3.8, 4) is 0 Å². The Morgan fingerprint density at radius 3 is 2.35 bits per heavy atom. The molecule has 0 spiro atoms. The average molecular weight is 297 g/mol. The summed E-state index contributed by atoms with van der Waals surface area (Å²) in [5.74, 6) is -0.204. The minimum Gasteiger partial charge on any atom is -0.381 e. The molecule has 1 aromatic carbocycles. The predicted molar refractivity (Wildman–Crippen MR) is 81.3 cm³/mol. The Kier molecular flexibility index (Phi) is 4.25. The van der Waals surface area contributed by atoms with Crippen LogP contribution in [0.15, 0.2) is 18.2 Å². The number of halogens is 1. The largest absolute Gasteiger partial charge is 0.381 e. The molecule has 0 aliphatic carbocycles. The molecule has 1 aromatic rings. The number of anilines is 1. The van der Waals surface area contributed by atoms with Gasteiger partial charge in [-0.15, -0.1) is 0 Å². The molecule has 1 aliphatic rings. The maximum atomic E-state index is 12.0. The Morgan fingerprint density at radius 2 is 1.85 bits per heavy atom. The molecule has 0 unspecified atom stereocenters. The van der Waals surface area contributed by atoms with E-state index in [2.05, 4.69) is 4.90 Å². The van der Waals surface area contributed by atoms with E-state index >= 15 is 0 Å². The normalized spacial score (nSPS) is 16.4. The Hall–Kier alpha value is -1.26. The molecule has 1 amide bonds. The molecule has 0 atom stereocenters. The van der Waals surface area contributed by atoms with Crippen molar-refractivity contribution in [2.75, 3.05) is 31.1 Å². The van der Waals surface area contributed by atoms with Crippen molar-refractivity contribution in [3.63, 3.8) is 0 Å². The first-order valence-corrected chi connectivity index (χ1v) is 7.19. The number of carbonyl (C=O) groups excluding carboxylic acids is 1. The van der Waals surface area contributed by atoms with Gasteiger partial charge in [-0.2, -0.15) is 0 Å². The topological polar surface area (TPSA) is 43.8 Å². The summed E-state index contributed by atoms with van der Waals surface area (Å²) in [7, 11) is 0. The van der Waals surface area contributed by atoms with Crippen LogP contribution in [0.5, 0.6) is 0 Å². The lowest BCUT2D eigenvalue weighted by Gasteiger charge is -2.38. The van der Waals surface area contributed by atoms with Gasteiger partial charge >= 0.3 is 0 Å². The third-order valence-corrected chi connectivity index (χ3v) is 3.82. The van der Waals surface area contributed by atoms with Crippen LogP contribution >= 0.6 is 11.6 Å². The van der Waals surface area contributed by atoms with E-state index in [4.69, 9.17) is 11.6 Å². The molecule has 0 radical (unpaired) electrons. The molecule has 5 heteroatoms. The Morgan fingerprint density at radius 1 is 1.25 bits per heavy atom. The highest BCUT2D eigenvalue weighted by molar-refractivity contribution is 6.30. The van der Waals surface area contributed by atoms with Gasteiger partial charge in [0.25, 0.3) is 5.91 Å². The van der Waals surface area contributed by atoms with E-state index in [1.54, 1.807) is 4.90 Å². The van der Waals surface area contributed by atoms with Gasteiger partial charge in [0.05, 0.1) is 0 Å². The van der Waals surface area contributed by atoms with E-state index in [1.807, 2.05) is 25.1 Å². The number of hydrogen-bond acceptors (Lipinski definition) is 3. The molecule has 4 nitrogen and oxygen atoms in total. The minimum atomic E-state index is -1.29. The summed E-state index contributed by atoms with van der Waals surface area (Å²) in [6, 6.07) is 5.86. The number of amides is 1. The maximum Gasteiger partial charge on any atom is 0.254 e. The van der Waals surface area contributed by atoms with E-state index < -0.39 is 5.60 Å². The van der Waals surface area contributed by atoms with Crippen LogP contribution in [-0.2, 0) is 4.79 Å². The molecular weight excluding hydrogens is 276 g/mol. The fourth-order valence-corrected chi connectivity index (χ4v) is 2.74. The molecule has 1 N–H and O–H groups in total. The zero-order valence-electron chi connectivity index (χ0n) is 12.2. The second-order valence-corrected chi connectivity index (χ2v) is 6.21. The summed E-state index contributed by atoms with van der Waals surface area (Å²) >= 11 is 5.97. The van der Waals surface area contributed by atoms with E-state index in [1.165, 1.54) is 13.8 Å². The van der Waals surface area contributed by atoms with Crippen molar-refractivity contribution in [2.24, 2.45) is 0 Å². The molecule has 20 heavy (non-hydrogen) atoms. The third kappa shape index (κ3) is 3.25. The number of aryl methyl sites for hydroxylation is 1. The van der Waals surface area contributed by atoms with Crippen LogP contribution in [0.4, 0.5) is 5.69 Å². The molecule has 2 rings (SSSR count). The molecule has 1 aliphatic heterocycles. The Balaban J connectivity index is 2.03. The van der Waals surface area contributed by atoms with E-state index in [0.717, 1.165) is 29.4 Å². The lowest BCUT2D eigenvalue weighted by Crippen LogP contribution is -2.54. The average Bonchev–Trinajstić information content (AvgIpc) is 2.37. The van der Waals surface area contributed by atoms with Crippen LogP contribution in [0.25, 0.3) is 0 Å². The Labute approximate surface area is 124 Å². The van der Waals surface area contributed by atoms with Crippen LogP contribution in [0.3, 0.4) is 0 Å². The maximum absolute atomic E-state index is 12.0. The summed E-state index contributed by atoms with van der Waals surface area (Å²) < 4.78 is 0. The van der Waals surface area contributed by atoms with Crippen LogP contribution in [0.1, 0.15) is 19.4 Å². The van der Waals surface area contributed by atoms with Crippen LogP contribution in [0, 0.1) is 6.92 Å². The first-order valence-electron chi connectivity index (χ1n) is 6.82. The van der Waals surface area contributed by atoms with Gasteiger partial charge in [-0.25, -0.2) is 0 Å². The van der Waals surface area contributed by atoms with Gasteiger partial charge in [0.15, 0.2) is 0 Å². The highest BCUT2D eigenvalue weighted by Crippen LogP contribution is 2.25. The molecule has 0 aromatic heterocycles. The van der Waals surface area contributed by atoms with Crippen molar-refractivity contribution in [2.45, 2.75) is 26.4 Å². The van der Waals surface area contributed by atoms with Gasteiger partial charge in [-0.3, -0.25) is 4.79 Å². The van der Waals surface area contributed by atoms with Crippen molar-refractivity contribution < 1.29 is 9.90 Å². The monoisotopic (exact) mass is 296 g/mol. The number of rotatable bonds is 2. The fourth-order valence-electron chi connectivity index (χ4n) is 2.51. The quantitative estimate of drug-likeness (QED) is 0.908. The lowest BCUT2D eigenvalue weighted by molar-refractivity contribution is -0.148. The van der Waals surface area contributed by atoms with Crippen molar-refractivity contribution in [1.82, 2.24) is 4.90 Å². The third-order valence-electron chi connectivity index (χ3n) is 3.59. The van der Waals surface area contributed by atoms with Crippen LogP contribution in [-0.4, -0.2) is 47.7 Å². The van der Waals surface area contributed by atoms with Gasteiger partial charge in [0.1, 0.15) is 5.60 Å². The van der Waals surface area contributed by atoms with Gasteiger partial charge in [-0.05, 0) is 44.5 Å². The smallest absolute Gasteiger partial charge is 0.254 e. The number of hydrogen-bond donors (Lipinski definition) is 1. The number of piperazine rings is 1.